The number of amides is 1. The zero-order valence-electron chi connectivity index (χ0n) is 16.6. The van der Waals surface area contributed by atoms with Gasteiger partial charge in [-0.15, -0.1) is 0 Å². The summed E-state index contributed by atoms with van der Waals surface area (Å²) in [5.74, 6) is 0.511. The van der Waals surface area contributed by atoms with Gasteiger partial charge in [0, 0.05) is 26.1 Å². The lowest BCUT2D eigenvalue weighted by Crippen LogP contribution is -2.39. The fourth-order valence-electron chi connectivity index (χ4n) is 3.57. The van der Waals surface area contributed by atoms with Crippen LogP contribution in [-0.2, 0) is 21.4 Å². The van der Waals surface area contributed by atoms with Gasteiger partial charge in [-0.25, -0.2) is 8.42 Å². The Kier molecular flexibility index (Phi) is 6.20. The van der Waals surface area contributed by atoms with Crippen LogP contribution in [0.3, 0.4) is 0 Å². The zero-order chi connectivity index (χ0) is 20.3. The molecule has 0 unspecified atom stereocenters. The lowest BCUT2D eigenvalue weighted by Gasteiger charge is -2.30. The third-order valence-corrected chi connectivity index (χ3v) is 7.37. The van der Waals surface area contributed by atoms with Gasteiger partial charge in [0.05, 0.1) is 0 Å². The second kappa shape index (κ2) is 8.45. The topological polar surface area (TPSA) is 92.5 Å². The van der Waals surface area contributed by atoms with Crippen LogP contribution >= 0.6 is 0 Å². The quantitative estimate of drug-likeness (QED) is 0.798. The molecule has 1 amide bonds. The standard InChI is InChI=1S/C20H27N3O4S/c1-14-4-6-18(7-5-14)13-21-19(24)12-17-8-10-23(11-9-17)28(25,26)20-15(2)22-27-16(20)3/h4-7,17H,8-13H2,1-3H3,(H,21,24). The minimum Gasteiger partial charge on any atom is -0.360 e. The number of carbonyl (C=O) groups excluding carboxylic acids is 1. The van der Waals surface area contributed by atoms with Gasteiger partial charge in [0.2, 0.25) is 15.9 Å². The maximum absolute atomic E-state index is 12.8. The zero-order valence-corrected chi connectivity index (χ0v) is 17.4. The first-order chi connectivity index (χ1) is 13.3. The second-order valence-corrected chi connectivity index (χ2v) is 9.34. The summed E-state index contributed by atoms with van der Waals surface area (Å²) in [6, 6.07) is 8.06. The summed E-state index contributed by atoms with van der Waals surface area (Å²) in [5, 5.41) is 6.70. The molecule has 1 aromatic carbocycles. The summed E-state index contributed by atoms with van der Waals surface area (Å²) in [5.41, 5.74) is 2.64. The van der Waals surface area contributed by atoms with Crippen molar-refractivity contribution in [3.8, 4) is 0 Å². The number of benzene rings is 1. The van der Waals surface area contributed by atoms with E-state index in [1.807, 2.05) is 31.2 Å². The molecule has 2 aromatic rings. The van der Waals surface area contributed by atoms with Crippen molar-refractivity contribution in [1.29, 1.82) is 0 Å². The van der Waals surface area contributed by atoms with Crippen LogP contribution in [0, 0.1) is 26.7 Å². The Morgan fingerprint density at radius 2 is 1.82 bits per heavy atom. The number of rotatable bonds is 6. The average molecular weight is 406 g/mol. The Bertz CT molecular complexity index is 907. The van der Waals surface area contributed by atoms with E-state index in [0.717, 1.165) is 5.56 Å². The van der Waals surface area contributed by atoms with Crippen LogP contribution in [0.15, 0.2) is 33.7 Å². The predicted molar refractivity (Wildman–Crippen MR) is 105 cm³/mol. The normalized spacial score (nSPS) is 16.2. The molecule has 2 heterocycles. The third kappa shape index (κ3) is 4.62. The van der Waals surface area contributed by atoms with Gasteiger partial charge < -0.3 is 9.84 Å². The number of piperidine rings is 1. The molecule has 8 heteroatoms. The van der Waals surface area contributed by atoms with Crippen molar-refractivity contribution in [2.45, 2.75) is 51.5 Å². The minimum absolute atomic E-state index is 0.00704. The van der Waals surface area contributed by atoms with E-state index in [0.29, 0.717) is 50.4 Å². The number of hydrogen-bond acceptors (Lipinski definition) is 5. The van der Waals surface area contributed by atoms with Crippen molar-refractivity contribution in [1.82, 2.24) is 14.8 Å². The molecule has 7 nitrogen and oxygen atoms in total. The van der Waals surface area contributed by atoms with Crippen LogP contribution in [0.4, 0.5) is 0 Å². The van der Waals surface area contributed by atoms with Crippen molar-refractivity contribution in [3.05, 3.63) is 46.8 Å². The molecule has 0 bridgehead atoms. The summed E-state index contributed by atoms with van der Waals surface area (Å²) < 4.78 is 32.2. The molecule has 28 heavy (non-hydrogen) atoms. The summed E-state index contributed by atoms with van der Waals surface area (Å²) in [4.78, 5) is 12.4. The number of aromatic nitrogens is 1. The van der Waals surface area contributed by atoms with Crippen molar-refractivity contribution in [3.63, 3.8) is 0 Å². The number of nitrogens with zero attached hydrogens (tertiary/aromatic N) is 2. The number of aryl methyl sites for hydroxylation is 3. The first-order valence-corrected chi connectivity index (χ1v) is 11.0. The fraction of sp³-hybridized carbons (Fsp3) is 0.500. The average Bonchev–Trinajstić information content (AvgIpc) is 3.01. The number of sulfonamides is 1. The molecule has 0 atom stereocenters. The summed E-state index contributed by atoms with van der Waals surface area (Å²) >= 11 is 0. The van der Waals surface area contributed by atoms with E-state index >= 15 is 0 Å². The van der Waals surface area contributed by atoms with Gasteiger partial charge >= 0.3 is 0 Å². The van der Waals surface area contributed by atoms with Gasteiger partial charge in [0.25, 0.3) is 0 Å². The first-order valence-electron chi connectivity index (χ1n) is 9.52. The molecule has 1 aliphatic heterocycles. The predicted octanol–water partition coefficient (Wildman–Crippen LogP) is 2.71. The van der Waals surface area contributed by atoms with E-state index in [2.05, 4.69) is 10.5 Å². The molecule has 0 radical (unpaired) electrons. The van der Waals surface area contributed by atoms with E-state index in [9.17, 15) is 13.2 Å². The Hall–Kier alpha value is -2.19. The highest BCUT2D eigenvalue weighted by molar-refractivity contribution is 7.89. The highest BCUT2D eigenvalue weighted by Crippen LogP contribution is 2.28. The smallest absolute Gasteiger partial charge is 0.248 e. The van der Waals surface area contributed by atoms with Crippen LogP contribution in [0.5, 0.6) is 0 Å². The summed E-state index contributed by atoms with van der Waals surface area (Å²) in [7, 11) is -3.61. The molecule has 1 aromatic heterocycles. The molecule has 1 aliphatic rings. The molecule has 152 valence electrons. The Morgan fingerprint density at radius 1 is 1.18 bits per heavy atom. The van der Waals surface area contributed by atoms with Gasteiger partial charge in [0.1, 0.15) is 10.6 Å². The molecule has 1 N–H and O–H groups in total. The molecular formula is C20H27N3O4S. The van der Waals surface area contributed by atoms with E-state index in [4.69, 9.17) is 4.52 Å². The monoisotopic (exact) mass is 405 g/mol. The Labute approximate surface area is 166 Å². The molecule has 1 saturated heterocycles. The van der Waals surface area contributed by atoms with Crippen LogP contribution in [0.2, 0.25) is 0 Å². The van der Waals surface area contributed by atoms with Gasteiger partial charge in [0.15, 0.2) is 5.76 Å². The summed E-state index contributed by atoms with van der Waals surface area (Å²) in [6.07, 6.45) is 1.76. The van der Waals surface area contributed by atoms with Crippen molar-refractivity contribution in [2.75, 3.05) is 13.1 Å². The van der Waals surface area contributed by atoms with Crippen molar-refractivity contribution >= 4 is 15.9 Å². The Morgan fingerprint density at radius 3 is 2.39 bits per heavy atom. The van der Waals surface area contributed by atoms with Crippen molar-refractivity contribution in [2.24, 2.45) is 5.92 Å². The van der Waals surface area contributed by atoms with Gasteiger partial charge in [-0.1, -0.05) is 35.0 Å². The van der Waals surface area contributed by atoms with Gasteiger partial charge in [-0.3, -0.25) is 4.79 Å². The highest BCUT2D eigenvalue weighted by Gasteiger charge is 2.34. The molecule has 3 rings (SSSR count). The summed E-state index contributed by atoms with van der Waals surface area (Å²) in [6.45, 7) is 6.59. The third-order valence-electron chi connectivity index (χ3n) is 5.22. The molecule has 0 spiro atoms. The minimum atomic E-state index is -3.61. The fourth-order valence-corrected chi connectivity index (χ4v) is 5.33. The molecular weight excluding hydrogens is 378 g/mol. The second-order valence-electron chi connectivity index (χ2n) is 7.47. The molecule has 1 fully saturated rings. The van der Waals surface area contributed by atoms with Crippen LogP contribution in [0.1, 0.15) is 41.8 Å². The van der Waals surface area contributed by atoms with Crippen LogP contribution in [-0.4, -0.2) is 36.9 Å². The van der Waals surface area contributed by atoms with E-state index in [1.165, 1.54) is 9.87 Å². The van der Waals surface area contributed by atoms with Crippen LogP contribution in [0.25, 0.3) is 0 Å². The van der Waals surface area contributed by atoms with E-state index in [-0.39, 0.29) is 16.7 Å². The molecule has 0 saturated carbocycles. The lowest BCUT2D eigenvalue weighted by atomic mass is 9.94. The maximum atomic E-state index is 12.8. The van der Waals surface area contributed by atoms with Crippen LogP contribution < -0.4 is 5.32 Å². The largest absolute Gasteiger partial charge is 0.360 e. The number of nitrogens with one attached hydrogen (secondary N) is 1. The van der Waals surface area contributed by atoms with Crippen molar-refractivity contribution < 1.29 is 17.7 Å². The van der Waals surface area contributed by atoms with Gasteiger partial charge in [-0.2, -0.15) is 4.31 Å². The SMILES string of the molecule is Cc1ccc(CNC(=O)CC2CCN(S(=O)(=O)c3c(C)noc3C)CC2)cc1. The lowest BCUT2D eigenvalue weighted by molar-refractivity contribution is -0.122. The number of carbonyl (C=O) groups is 1. The Balaban J connectivity index is 1.50. The highest BCUT2D eigenvalue weighted by atomic mass is 32.2. The van der Waals surface area contributed by atoms with E-state index < -0.39 is 10.0 Å². The van der Waals surface area contributed by atoms with Gasteiger partial charge in [-0.05, 0) is 45.1 Å². The first kappa shape index (κ1) is 20.5. The maximum Gasteiger partial charge on any atom is 0.248 e. The van der Waals surface area contributed by atoms with E-state index in [1.54, 1.807) is 13.8 Å². The number of hydrogen-bond donors (Lipinski definition) is 1. The molecule has 0 aliphatic carbocycles.